The highest BCUT2D eigenvalue weighted by molar-refractivity contribution is 6.06. The highest BCUT2D eigenvalue weighted by atomic mass is 16.5. The van der Waals surface area contributed by atoms with Gasteiger partial charge in [0.05, 0.1) is 18.8 Å². The molecule has 1 unspecified atom stereocenters. The van der Waals surface area contributed by atoms with E-state index < -0.39 is 6.04 Å². The van der Waals surface area contributed by atoms with E-state index in [1.54, 1.807) is 4.90 Å². The Labute approximate surface area is 147 Å². The molecule has 2 amide bonds. The van der Waals surface area contributed by atoms with Gasteiger partial charge in [0.25, 0.3) is 5.91 Å². The van der Waals surface area contributed by atoms with Crippen LogP contribution in [0.15, 0.2) is 42.5 Å². The van der Waals surface area contributed by atoms with Gasteiger partial charge in [0.1, 0.15) is 11.8 Å². The molecule has 5 nitrogen and oxygen atoms in total. The van der Waals surface area contributed by atoms with Crippen molar-refractivity contribution < 1.29 is 14.3 Å². The second-order valence-electron chi connectivity index (χ2n) is 6.11. The van der Waals surface area contributed by atoms with Gasteiger partial charge in [-0.15, -0.1) is 0 Å². The molecule has 130 valence electrons. The number of nitrogens with zero attached hydrogens (tertiary/aromatic N) is 1. The molecule has 1 aliphatic heterocycles. The Morgan fingerprint density at radius 1 is 1.20 bits per heavy atom. The largest absolute Gasteiger partial charge is 0.494 e. The molecule has 1 aliphatic rings. The van der Waals surface area contributed by atoms with E-state index in [0.717, 1.165) is 28.1 Å². The maximum absolute atomic E-state index is 13.0. The predicted molar refractivity (Wildman–Crippen MR) is 96.5 cm³/mol. The minimum atomic E-state index is -0.633. The number of rotatable bonds is 5. The normalized spacial score (nSPS) is 15.9. The van der Waals surface area contributed by atoms with Crippen molar-refractivity contribution >= 4 is 17.5 Å². The molecule has 1 heterocycles. The van der Waals surface area contributed by atoms with Crippen molar-refractivity contribution in [1.82, 2.24) is 5.32 Å². The fourth-order valence-corrected chi connectivity index (χ4v) is 3.28. The zero-order chi connectivity index (χ0) is 18.0. The summed E-state index contributed by atoms with van der Waals surface area (Å²) in [4.78, 5) is 26.3. The lowest BCUT2D eigenvalue weighted by Gasteiger charge is -2.21. The van der Waals surface area contributed by atoms with E-state index in [-0.39, 0.29) is 11.8 Å². The fraction of sp³-hybridized carbons (Fsp3) is 0.300. The summed E-state index contributed by atoms with van der Waals surface area (Å²) in [6, 6.07) is 12.9. The smallest absolute Gasteiger partial charge is 0.254 e. The van der Waals surface area contributed by atoms with Crippen LogP contribution in [-0.4, -0.2) is 18.4 Å². The van der Waals surface area contributed by atoms with Gasteiger partial charge >= 0.3 is 0 Å². The van der Waals surface area contributed by atoms with Crippen LogP contribution in [-0.2, 0) is 16.1 Å². The van der Waals surface area contributed by atoms with Gasteiger partial charge in [-0.2, -0.15) is 0 Å². The average Bonchev–Trinajstić information content (AvgIpc) is 2.83. The van der Waals surface area contributed by atoms with Crippen LogP contribution in [0.2, 0.25) is 0 Å². The van der Waals surface area contributed by atoms with E-state index >= 15 is 0 Å². The van der Waals surface area contributed by atoms with E-state index in [2.05, 4.69) is 5.32 Å². The topological polar surface area (TPSA) is 58.6 Å². The van der Waals surface area contributed by atoms with Crippen LogP contribution in [0.3, 0.4) is 0 Å². The number of hydrogen-bond acceptors (Lipinski definition) is 3. The summed E-state index contributed by atoms with van der Waals surface area (Å²) in [5.74, 6) is 0.434. The maximum Gasteiger partial charge on any atom is 0.254 e. The third kappa shape index (κ3) is 3.22. The molecule has 1 N–H and O–H groups in total. The number of aryl methyl sites for hydroxylation is 1. The minimum absolute atomic E-state index is 0.120. The Morgan fingerprint density at radius 2 is 1.96 bits per heavy atom. The van der Waals surface area contributed by atoms with Crippen molar-refractivity contribution in [3.05, 3.63) is 59.2 Å². The Kier molecular flexibility index (Phi) is 4.74. The molecule has 5 heteroatoms. The van der Waals surface area contributed by atoms with Crippen molar-refractivity contribution in [2.24, 2.45) is 0 Å². The first-order chi connectivity index (χ1) is 12.0. The molecule has 2 aromatic rings. The molecule has 2 aromatic carbocycles. The minimum Gasteiger partial charge on any atom is -0.494 e. The third-order valence-corrected chi connectivity index (χ3v) is 4.31. The molecular weight excluding hydrogens is 316 g/mol. The number of carbonyl (C=O) groups excluding carboxylic acids is 2. The zero-order valence-electron chi connectivity index (χ0n) is 14.7. The maximum atomic E-state index is 13.0. The predicted octanol–water partition coefficient (Wildman–Crippen LogP) is 3.12. The first kappa shape index (κ1) is 17.0. The third-order valence-electron chi connectivity index (χ3n) is 4.31. The van der Waals surface area contributed by atoms with Crippen LogP contribution >= 0.6 is 0 Å². The number of anilines is 1. The summed E-state index contributed by atoms with van der Waals surface area (Å²) < 4.78 is 5.68. The molecule has 0 bridgehead atoms. The quantitative estimate of drug-likeness (QED) is 0.911. The van der Waals surface area contributed by atoms with Crippen molar-refractivity contribution in [3.63, 3.8) is 0 Å². The van der Waals surface area contributed by atoms with E-state index in [1.165, 1.54) is 6.92 Å². The summed E-state index contributed by atoms with van der Waals surface area (Å²) in [7, 11) is 0. The number of nitrogens with one attached hydrogen (secondary N) is 1. The lowest BCUT2D eigenvalue weighted by atomic mass is 10.0. The molecule has 0 aromatic heterocycles. The van der Waals surface area contributed by atoms with Crippen molar-refractivity contribution in [2.75, 3.05) is 11.5 Å². The number of fused-ring (bicyclic) bond motifs is 1. The monoisotopic (exact) mass is 338 g/mol. The van der Waals surface area contributed by atoms with Crippen LogP contribution in [0.25, 0.3) is 0 Å². The van der Waals surface area contributed by atoms with E-state index in [9.17, 15) is 9.59 Å². The highest BCUT2D eigenvalue weighted by Gasteiger charge is 2.38. The summed E-state index contributed by atoms with van der Waals surface area (Å²) in [5, 5.41) is 2.77. The molecule has 3 rings (SSSR count). The van der Waals surface area contributed by atoms with Gasteiger partial charge in [0.15, 0.2) is 0 Å². The lowest BCUT2D eigenvalue weighted by Crippen LogP contribution is -2.36. The molecular formula is C20H22N2O3. The summed E-state index contributed by atoms with van der Waals surface area (Å²) in [6.45, 7) is 6.31. The Balaban J connectivity index is 2.00. The summed E-state index contributed by atoms with van der Waals surface area (Å²) >= 11 is 0. The molecule has 0 aliphatic carbocycles. The molecule has 0 saturated carbocycles. The van der Waals surface area contributed by atoms with Crippen molar-refractivity contribution in [1.29, 1.82) is 0 Å². The van der Waals surface area contributed by atoms with Gasteiger partial charge in [-0.05, 0) is 25.5 Å². The second-order valence-corrected chi connectivity index (χ2v) is 6.11. The molecule has 25 heavy (non-hydrogen) atoms. The van der Waals surface area contributed by atoms with Crippen LogP contribution < -0.4 is 15.0 Å². The standard InChI is InChI=1S/C20H22N2O3/c1-4-25-17-11-6-5-9-15(17)12-22-19-13(2)8-7-10-16(19)18(20(22)24)21-14(3)23/h5-11,18H,4,12H2,1-3H3,(H,21,23). The Hall–Kier alpha value is -2.82. The molecule has 0 fully saturated rings. The van der Waals surface area contributed by atoms with Crippen molar-refractivity contribution in [2.45, 2.75) is 33.4 Å². The van der Waals surface area contributed by atoms with Gasteiger partial charge in [0, 0.05) is 18.1 Å². The average molecular weight is 338 g/mol. The van der Waals surface area contributed by atoms with Crippen molar-refractivity contribution in [3.8, 4) is 5.75 Å². The highest BCUT2D eigenvalue weighted by Crippen LogP contribution is 2.40. The van der Waals surface area contributed by atoms with Gasteiger partial charge in [-0.25, -0.2) is 0 Å². The van der Waals surface area contributed by atoms with Crippen LogP contribution in [0, 0.1) is 6.92 Å². The molecule has 0 saturated heterocycles. The lowest BCUT2D eigenvalue weighted by molar-refractivity contribution is -0.126. The van der Waals surface area contributed by atoms with Gasteiger partial charge < -0.3 is 15.0 Å². The SMILES string of the molecule is CCOc1ccccc1CN1C(=O)C(NC(C)=O)c2cccc(C)c21. The number of amides is 2. The molecule has 0 spiro atoms. The molecule has 1 atom stereocenters. The van der Waals surface area contributed by atoms with E-state index in [4.69, 9.17) is 4.74 Å². The van der Waals surface area contributed by atoms with E-state index in [0.29, 0.717) is 13.2 Å². The van der Waals surface area contributed by atoms with Gasteiger partial charge in [-0.3, -0.25) is 9.59 Å². The fourth-order valence-electron chi connectivity index (χ4n) is 3.28. The van der Waals surface area contributed by atoms with Gasteiger partial charge in [0.2, 0.25) is 5.91 Å². The van der Waals surface area contributed by atoms with Gasteiger partial charge in [-0.1, -0.05) is 36.4 Å². The summed E-state index contributed by atoms with van der Waals surface area (Å²) in [6.07, 6.45) is 0. The number of benzene rings is 2. The van der Waals surface area contributed by atoms with Crippen LogP contribution in [0.5, 0.6) is 5.75 Å². The molecule has 0 radical (unpaired) electrons. The second kappa shape index (κ2) is 6.97. The number of para-hydroxylation sites is 2. The number of ether oxygens (including phenoxy) is 1. The van der Waals surface area contributed by atoms with Crippen LogP contribution in [0.1, 0.15) is 36.6 Å². The summed E-state index contributed by atoms with van der Waals surface area (Å²) in [5.41, 5.74) is 3.66. The van der Waals surface area contributed by atoms with Crippen LogP contribution in [0.4, 0.5) is 5.69 Å². The number of hydrogen-bond donors (Lipinski definition) is 1. The van der Waals surface area contributed by atoms with E-state index in [1.807, 2.05) is 56.3 Å². The number of carbonyl (C=O) groups is 2. The Morgan fingerprint density at radius 3 is 2.68 bits per heavy atom. The first-order valence-corrected chi connectivity index (χ1v) is 8.41. The first-order valence-electron chi connectivity index (χ1n) is 8.41. The Bertz CT molecular complexity index is 816. The zero-order valence-corrected chi connectivity index (χ0v) is 14.7.